The fourth-order valence-corrected chi connectivity index (χ4v) is 5.99. The Morgan fingerprint density at radius 3 is 2.20 bits per heavy atom. The maximum atomic E-state index is 13.4. The van der Waals surface area contributed by atoms with Crippen molar-refractivity contribution in [2.45, 2.75) is 36.8 Å². The van der Waals surface area contributed by atoms with Gasteiger partial charge in [0.05, 0.1) is 6.61 Å². The molecule has 0 N–H and O–H groups in total. The maximum Gasteiger partial charge on any atom is 0.252 e. The lowest BCUT2D eigenvalue weighted by Gasteiger charge is -2.38. The van der Waals surface area contributed by atoms with Crippen LogP contribution in [0.1, 0.15) is 46.6 Å². The first-order valence-electron chi connectivity index (χ1n) is 10.9. The van der Waals surface area contributed by atoms with E-state index in [1.807, 2.05) is 23.1 Å². The molecule has 30 heavy (non-hydrogen) atoms. The van der Waals surface area contributed by atoms with Gasteiger partial charge in [0.1, 0.15) is 6.10 Å². The minimum atomic E-state index is -0.388. The molecule has 1 atom stereocenters. The fourth-order valence-electron chi connectivity index (χ4n) is 5.99. The van der Waals surface area contributed by atoms with E-state index in [1.165, 1.54) is 27.8 Å². The molecule has 3 heteroatoms. The van der Waals surface area contributed by atoms with Crippen molar-refractivity contribution < 1.29 is 9.53 Å². The molecule has 0 saturated carbocycles. The highest BCUT2D eigenvalue weighted by molar-refractivity contribution is 5.82. The predicted molar refractivity (Wildman–Crippen MR) is 116 cm³/mol. The number of benzene rings is 3. The molecule has 0 radical (unpaired) electrons. The number of hydrogen-bond acceptors (Lipinski definition) is 2. The van der Waals surface area contributed by atoms with E-state index in [4.69, 9.17) is 4.74 Å². The van der Waals surface area contributed by atoms with Crippen LogP contribution in [0.15, 0.2) is 78.9 Å². The molecule has 1 aliphatic heterocycles. The SMILES string of the molecule is O=C1C(CC23CC(c4ccccc42)c2ccccc23)OCCN1Cc1ccccc1. The second-order valence-corrected chi connectivity index (χ2v) is 8.82. The molecule has 1 saturated heterocycles. The van der Waals surface area contributed by atoms with E-state index < -0.39 is 0 Å². The Morgan fingerprint density at radius 1 is 0.867 bits per heavy atom. The first-order chi connectivity index (χ1) is 14.8. The third kappa shape index (κ3) is 2.58. The normalized spacial score (nSPS) is 26.5. The molecule has 3 aliphatic rings. The van der Waals surface area contributed by atoms with Crippen LogP contribution >= 0.6 is 0 Å². The first kappa shape index (κ1) is 17.9. The fraction of sp³-hybridized carbons (Fsp3) is 0.296. The number of nitrogens with zero attached hydrogens (tertiary/aromatic N) is 1. The van der Waals surface area contributed by atoms with E-state index in [0.29, 0.717) is 25.6 Å². The van der Waals surface area contributed by atoms with Gasteiger partial charge >= 0.3 is 0 Å². The average molecular weight is 396 g/mol. The molecule has 0 spiro atoms. The minimum absolute atomic E-state index is 0.117. The Balaban J connectivity index is 1.33. The van der Waals surface area contributed by atoms with Crippen LogP contribution in [0.2, 0.25) is 0 Å². The lowest BCUT2D eigenvalue weighted by Crippen LogP contribution is -2.49. The van der Waals surface area contributed by atoms with Crippen LogP contribution in [0, 0.1) is 0 Å². The van der Waals surface area contributed by atoms with Gasteiger partial charge in [-0.3, -0.25) is 4.79 Å². The molecular weight excluding hydrogens is 370 g/mol. The summed E-state index contributed by atoms with van der Waals surface area (Å²) in [7, 11) is 0. The third-order valence-electron chi connectivity index (χ3n) is 7.27. The lowest BCUT2D eigenvalue weighted by molar-refractivity contribution is -0.155. The van der Waals surface area contributed by atoms with Crippen molar-refractivity contribution in [2.75, 3.05) is 13.2 Å². The van der Waals surface area contributed by atoms with Crippen LogP contribution in [0.3, 0.4) is 0 Å². The Hall–Kier alpha value is -2.91. The molecule has 3 aromatic rings. The Kier molecular flexibility index (Phi) is 4.07. The monoisotopic (exact) mass is 395 g/mol. The number of carbonyl (C=O) groups is 1. The summed E-state index contributed by atoms with van der Waals surface area (Å²) in [5.41, 5.74) is 6.70. The summed E-state index contributed by atoms with van der Waals surface area (Å²) in [5.74, 6) is 0.571. The Morgan fingerprint density at radius 2 is 1.50 bits per heavy atom. The van der Waals surface area contributed by atoms with E-state index in [-0.39, 0.29) is 17.4 Å². The highest BCUT2D eigenvalue weighted by Gasteiger charge is 2.54. The van der Waals surface area contributed by atoms with Gasteiger partial charge in [-0.2, -0.15) is 0 Å². The zero-order chi connectivity index (χ0) is 20.1. The molecule has 150 valence electrons. The molecule has 0 aromatic heterocycles. The standard InChI is InChI=1S/C27H25NO2/c29-26-25(30-15-14-28(26)18-19-8-2-1-3-9-19)17-27-16-22(20-10-4-6-12-23(20)27)21-11-5-7-13-24(21)27/h1-13,22,25H,14-18H2. The summed E-state index contributed by atoms with van der Waals surface area (Å²) in [6.45, 7) is 1.92. The summed E-state index contributed by atoms with van der Waals surface area (Å²) in [4.78, 5) is 15.4. The van der Waals surface area contributed by atoms with Crippen LogP contribution in [-0.4, -0.2) is 30.1 Å². The second kappa shape index (κ2) is 6.82. The van der Waals surface area contributed by atoms with Crippen molar-refractivity contribution in [3.63, 3.8) is 0 Å². The Labute approximate surface area is 177 Å². The van der Waals surface area contributed by atoms with Crippen molar-refractivity contribution in [3.8, 4) is 0 Å². The van der Waals surface area contributed by atoms with Gasteiger partial charge in [-0.25, -0.2) is 0 Å². The second-order valence-electron chi connectivity index (χ2n) is 8.82. The summed E-state index contributed by atoms with van der Waals surface area (Å²) in [6, 6.07) is 27.8. The van der Waals surface area contributed by atoms with Gasteiger partial charge < -0.3 is 9.64 Å². The molecule has 6 rings (SSSR count). The molecule has 3 nitrogen and oxygen atoms in total. The largest absolute Gasteiger partial charge is 0.366 e. The van der Waals surface area contributed by atoms with Crippen molar-refractivity contribution in [1.29, 1.82) is 0 Å². The first-order valence-corrected chi connectivity index (χ1v) is 10.9. The summed E-state index contributed by atoms with van der Waals surface area (Å²) in [6.07, 6.45) is 1.39. The van der Waals surface area contributed by atoms with Crippen LogP contribution < -0.4 is 0 Å². The quantitative estimate of drug-likeness (QED) is 0.644. The van der Waals surface area contributed by atoms with Crippen LogP contribution in [-0.2, 0) is 21.5 Å². The summed E-state index contributed by atoms with van der Waals surface area (Å²) in [5, 5.41) is 0. The zero-order valence-corrected chi connectivity index (χ0v) is 17.0. The molecule has 2 bridgehead atoms. The highest BCUT2D eigenvalue weighted by Crippen LogP contribution is 2.62. The van der Waals surface area contributed by atoms with E-state index in [0.717, 1.165) is 12.8 Å². The number of morpholine rings is 1. The van der Waals surface area contributed by atoms with E-state index >= 15 is 0 Å². The molecule has 1 unspecified atom stereocenters. The number of rotatable bonds is 4. The lowest BCUT2D eigenvalue weighted by atomic mass is 9.71. The van der Waals surface area contributed by atoms with E-state index in [2.05, 4.69) is 60.7 Å². The zero-order valence-electron chi connectivity index (χ0n) is 17.0. The molecular formula is C27H25NO2. The van der Waals surface area contributed by atoms with Crippen molar-refractivity contribution in [2.24, 2.45) is 0 Å². The van der Waals surface area contributed by atoms with Crippen molar-refractivity contribution in [3.05, 3.63) is 107 Å². The van der Waals surface area contributed by atoms with Crippen LogP contribution in [0.25, 0.3) is 0 Å². The van der Waals surface area contributed by atoms with Crippen LogP contribution in [0.4, 0.5) is 0 Å². The summed E-state index contributed by atoms with van der Waals surface area (Å²) >= 11 is 0. The molecule has 2 aliphatic carbocycles. The Bertz CT molecular complexity index is 1060. The molecule has 1 fully saturated rings. The third-order valence-corrected chi connectivity index (χ3v) is 7.27. The van der Waals surface area contributed by atoms with Gasteiger partial charge in [-0.05, 0) is 40.7 Å². The number of carbonyl (C=O) groups excluding carboxylic acids is 1. The number of fused-ring (bicyclic) bond motifs is 8. The minimum Gasteiger partial charge on any atom is -0.366 e. The van der Waals surface area contributed by atoms with Gasteiger partial charge in [0.25, 0.3) is 5.91 Å². The van der Waals surface area contributed by atoms with Gasteiger partial charge in [0, 0.05) is 24.4 Å². The predicted octanol–water partition coefficient (Wildman–Crippen LogP) is 4.64. The van der Waals surface area contributed by atoms with Gasteiger partial charge in [-0.15, -0.1) is 0 Å². The maximum absolute atomic E-state index is 13.4. The number of ether oxygens (including phenoxy) is 1. The van der Waals surface area contributed by atoms with Gasteiger partial charge in [0.15, 0.2) is 0 Å². The van der Waals surface area contributed by atoms with Gasteiger partial charge in [0.2, 0.25) is 0 Å². The van der Waals surface area contributed by atoms with E-state index in [9.17, 15) is 4.79 Å². The highest BCUT2D eigenvalue weighted by atomic mass is 16.5. The van der Waals surface area contributed by atoms with Crippen LogP contribution in [0.5, 0.6) is 0 Å². The van der Waals surface area contributed by atoms with E-state index in [1.54, 1.807) is 0 Å². The molecule has 3 aromatic carbocycles. The molecule has 1 heterocycles. The average Bonchev–Trinajstić information content (AvgIpc) is 3.30. The molecule has 1 amide bonds. The number of hydrogen-bond donors (Lipinski definition) is 0. The van der Waals surface area contributed by atoms with Crippen molar-refractivity contribution in [1.82, 2.24) is 4.90 Å². The summed E-state index contributed by atoms with van der Waals surface area (Å²) < 4.78 is 6.10. The smallest absolute Gasteiger partial charge is 0.252 e. The topological polar surface area (TPSA) is 29.5 Å². The number of amides is 1. The van der Waals surface area contributed by atoms with Gasteiger partial charge in [-0.1, -0.05) is 78.9 Å². The van der Waals surface area contributed by atoms with Crippen molar-refractivity contribution >= 4 is 5.91 Å².